The van der Waals surface area contributed by atoms with E-state index in [9.17, 15) is 9.18 Å². The third kappa shape index (κ3) is 5.28. The zero-order valence-corrected chi connectivity index (χ0v) is 22.1. The van der Waals surface area contributed by atoms with Crippen molar-refractivity contribution in [2.75, 3.05) is 11.9 Å². The summed E-state index contributed by atoms with van der Waals surface area (Å²) in [4.78, 5) is 23.5. The van der Waals surface area contributed by atoms with Crippen molar-refractivity contribution >= 4 is 28.9 Å². The number of carbonyl (C=O) groups excluding carboxylic acids is 1. The first-order valence-corrected chi connectivity index (χ1v) is 12.9. The van der Waals surface area contributed by atoms with Crippen LogP contribution in [0.25, 0.3) is 0 Å². The average Bonchev–Trinajstić information content (AvgIpc) is 3.40. The van der Waals surface area contributed by atoms with Crippen LogP contribution >= 0.6 is 12.2 Å². The number of aromatic nitrogens is 3. The van der Waals surface area contributed by atoms with Crippen molar-refractivity contribution in [1.29, 1.82) is 0 Å². The molecule has 7 nitrogen and oxygen atoms in total. The topological polar surface area (TPSA) is 75.1 Å². The van der Waals surface area contributed by atoms with Crippen molar-refractivity contribution < 1.29 is 9.18 Å². The predicted octanol–water partition coefficient (Wildman–Crippen LogP) is 5.08. The Morgan fingerprint density at radius 3 is 2.58 bits per heavy atom. The standard InChI is InChI=1S/C29H29FN6OS/c1-19-17-22(20(2)36(19)18-21-10-14-31-15-11-21)28-27(25-9-5-6-13-32-25)34-29(38)35(28)16-12-26(37)33-24-8-4-3-7-23(24)30/h3-11,13-15,17,27-28H,12,16,18H2,1-2H3,(H,33,37)(H,34,38)/t27-,28+/m1/s1. The number of thiocarbonyl (C=S) groups is 1. The number of nitrogens with one attached hydrogen (secondary N) is 2. The summed E-state index contributed by atoms with van der Waals surface area (Å²) in [5.74, 6) is -0.741. The summed E-state index contributed by atoms with van der Waals surface area (Å²) in [5, 5.41) is 6.67. The first-order valence-electron chi connectivity index (χ1n) is 12.5. The lowest BCUT2D eigenvalue weighted by Gasteiger charge is -2.28. The van der Waals surface area contributed by atoms with Crippen molar-refractivity contribution in [2.45, 2.75) is 38.9 Å². The molecule has 0 radical (unpaired) electrons. The zero-order valence-electron chi connectivity index (χ0n) is 21.3. The number of anilines is 1. The van der Waals surface area contributed by atoms with E-state index in [1.54, 1.807) is 36.8 Å². The molecule has 9 heteroatoms. The lowest BCUT2D eigenvalue weighted by molar-refractivity contribution is -0.116. The molecule has 2 atom stereocenters. The maximum Gasteiger partial charge on any atom is 0.226 e. The Labute approximate surface area is 226 Å². The molecule has 1 aliphatic heterocycles. The van der Waals surface area contributed by atoms with Crippen LogP contribution < -0.4 is 10.6 Å². The maximum atomic E-state index is 14.0. The van der Waals surface area contributed by atoms with Gasteiger partial charge < -0.3 is 20.1 Å². The smallest absolute Gasteiger partial charge is 0.226 e. The van der Waals surface area contributed by atoms with Crippen LogP contribution in [0, 0.1) is 19.7 Å². The van der Waals surface area contributed by atoms with E-state index in [2.05, 4.69) is 45.1 Å². The van der Waals surface area contributed by atoms with Gasteiger partial charge in [0.1, 0.15) is 5.82 Å². The number of pyridine rings is 2. The Morgan fingerprint density at radius 1 is 1.08 bits per heavy atom. The molecule has 4 heterocycles. The first kappa shape index (κ1) is 25.5. The monoisotopic (exact) mass is 528 g/mol. The molecule has 3 aromatic heterocycles. The van der Waals surface area contributed by atoms with E-state index in [0.717, 1.165) is 34.8 Å². The Kier molecular flexibility index (Phi) is 7.46. The first-order chi connectivity index (χ1) is 18.4. The summed E-state index contributed by atoms with van der Waals surface area (Å²) in [5.41, 5.74) is 5.58. The van der Waals surface area contributed by atoms with Gasteiger partial charge in [-0.1, -0.05) is 18.2 Å². The highest BCUT2D eigenvalue weighted by molar-refractivity contribution is 7.80. The molecular weight excluding hydrogens is 499 g/mol. The number of halogens is 1. The van der Waals surface area contributed by atoms with E-state index in [4.69, 9.17) is 12.2 Å². The fraction of sp³-hybridized carbons (Fsp3) is 0.241. The van der Waals surface area contributed by atoms with Gasteiger partial charge in [0.2, 0.25) is 5.91 Å². The van der Waals surface area contributed by atoms with Gasteiger partial charge in [-0.3, -0.25) is 14.8 Å². The van der Waals surface area contributed by atoms with Gasteiger partial charge in [0.15, 0.2) is 5.11 Å². The molecule has 1 aliphatic rings. The fourth-order valence-electron chi connectivity index (χ4n) is 5.02. The quantitative estimate of drug-likeness (QED) is 0.311. The number of hydrogen-bond acceptors (Lipinski definition) is 4. The van der Waals surface area contributed by atoms with Gasteiger partial charge in [-0.2, -0.15) is 0 Å². The minimum atomic E-state index is -0.464. The third-order valence-corrected chi connectivity index (χ3v) is 7.30. The fourth-order valence-corrected chi connectivity index (χ4v) is 5.36. The molecule has 194 valence electrons. The Balaban J connectivity index is 1.43. The van der Waals surface area contributed by atoms with E-state index >= 15 is 0 Å². The molecule has 5 rings (SSSR count). The molecule has 38 heavy (non-hydrogen) atoms. The number of para-hydroxylation sites is 1. The van der Waals surface area contributed by atoms with E-state index in [0.29, 0.717) is 11.7 Å². The van der Waals surface area contributed by atoms with Gasteiger partial charge in [0, 0.05) is 49.5 Å². The predicted molar refractivity (Wildman–Crippen MR) is 149 cm³/mol. The minimum Gasteiger partial charge on any atom is -0.352 e. The second-order valence-electron chi connectivity index (χ2n) is 9.37. The van der Waals surface area contributed by atoms with E-state index in [-0.39, 0.29) is 30.1 Å². The number of benzene rings is 1. The minimum absolute atomic E-state index is 0.150. The number of amides is 1. The summed E-state index contributed by atoms with van der Waals surface area (Å²) in [6.07, 6.45) is 5.52. The molecule has 1 fully saturated rings. The van der Waals surface area contributed by atoms with Crippen LogP contribution in [0.2, 0.25) is 0 Å². The van der Waals surface area contributed by atoms with Gasteiger partial charge in [-0.05, 0) is 79.7 Å². The van der Waals surface area contributed by atoms with E-state index < -0.39 is 5.82 Å². The highest BCUT2D eigenvalue weighted by Crippen LogP contribution is 2.41. The second-order valence-corrected chi connectivity index (χ2v) is 9.75. The van der Waals surface area contributed by atoms with E-state index in [1.165, 1.54) is 6.07 Å². The van der Waals surface area contributed by atoms with Crippen molar-refractivity contribution in [3.63, 3.8) is 0 Å². The number of rotatable bonds is 8. The Bertz CT molecular complexity index is 1440. The summed E-state index contributed by atoms with van der Waals surface area (Å²) < 4.78 is 16.3. The van der Waals surface area contributed by atoms with Gasteiger partial charge in [-0.25, -0.2) is 4.39 Å². The highest BCUT2D eigenvalue weighted by Gasteiger charge is 2.41. The zero-order chi connectivity index (χ0) is 26.6. The largest absolute Gasteiger partial charge is 0.352 e. The average molecular weight is 529 g/mol. The van der Waals surface area contributed by atoms with Gasteiger partial charge in [-0.15, -0.1) is 0 Å². The van der Waals surface area contributed by atoms with Crippen LogP contribution in [-0.4, -0.2) is 37.0 Å². The molecule has 1 aromatic carbocycles. The SMILES string of the molecule is Cc1cc([C@H]2[C@@H](c3ccccn3)NC(=S)N2CCC(=O)Nc2ccccc2F)c(C)n1Cc1ccncc1. The summed E-state index contributed by atoms with van der Waals surface area (Å²) >= 11 is 5.77. The molecular formula is C29H29FN6OS. The molecule has 2 N–H and O–H groups in total. The molecule has 0 aliphatic carbocycles. The normalized spacial score (nSPS) is 16.9. The van der Waals surface area contributed by atoms with E-state index in [1.807, 2.05) is 35.2 Å². The molecule has 0 spiro atoms. The molecule has 1 saturated heterocycles. The van der Waals surface area contributed by atoms with Gasteiger partial charge >= 0.3 is 0 Å². The number of carbonyl (C=O) groups is 1. The summed E-state index contributed by atoms with van der Waals surface area (Å²) in [7, 11) is 0. The van der Waals surface area contributed by atoms with Crippen molar-refractivity contribution in [3.05, 3.63) is 113 Å². The number of nitrogens with zero attached hydrogens (tertiary/aromatic N) is 4. The molecule has 0 unspecified atom stereocenters. The van der Waals surface area contributed by atoms with Crippen LogP contribution in [0.3, 0.4) is 0 Å². The van der Waals surface area contributed by atoms with Crippen molar-refractivity contribution in [2.24, 2.45) is 0 Å². The third-order valence-electron chi connectivity index (χ3n) is 6.95. The Morgan fingerprint density at radius 2 is 1.84 bits per heavy atom. The molecule has 0 saturated carbocycles. The Hall–Kier alpha value is -4.11. The van der Waals surface area contributed by atoms with Crippen LogP contribution in [-0.2, 0) is 11.3 Å². The molecule has 4 aromatic rings. The second kappa shape index (κ2) is 11.1. The summed E-state index contributed by atoms with van der Waals surface area (Å²) in [6, 6.07) is 17.8. The highest BCUT2D eigenvalue weighted by atomic mass is 32.1. The van der Waals surface area contributed by atoms with Crippen LogP contribution in [0.15, 0.2) is 79.3 Å². The van der Waals surface area contributed by atoms with Crippen LogP contribution in [0.1, 0.15) is 46.7 Å². The molecule has 0 bridgehead atoms. The molecule has 1 amide bonds. The van der Waals surface area contributed by atoms with Crippen molar-refractivity contribution in [3.8, 4) is 0 Å². The van der Waals surface area contributed by atoms with Crippen molar-refractivity contribution in [1.82, 2.24) is 24.8 Å². The number of aryl methyl sites for hydroxylation is 1. The van der Waals surface area contributed by atoms with Gasteiger partial charge in [0.25, 0.3) is 0 Å². The lowest BCUT2D eigenvalue weighted by Crippen LogP contribution is -2.33. The number of hydrogen-bond donors (Lipinski definition) is 2. The lowest BCUT2D eigenvalue weighted by atomic mass is 9.96. The maximum absolute atomic E-state index is 14.0. The summed E-state index contributed by atoms with van der Waals surface area (Å²) in [6.45, 7) is 5.31. The van der Waals surface area contributed by atoms with Crippen LogP contribution in [0.4, 0.5) is 10.1 Å². The van der Waals surface area contributed by atoms with Gasteiger partial charge in [0.05, 0.1) is 23.5 Å². The van der Waals surface area contributed by atoms with Crippen LogP contribution in [0.5, 0.6) is 0 Å².